The molecule has 2 N–H and O–H groups in total. The normalized spacial score (nSPS) is 13.9. The molecule has 0 spiro atoms. The molecule has 1 heterocycles. The summed E-state index contributed by atoms with van der Waals surface area (Å²) in [7, 11) is 0. The molecule has 0 aliphatic heterocycles. The molecule has 1 aromatic heterocycles. The van der Waals surface area contributed by atoms with Crippen molar-refractivity contribution in [3.8, 4) is 5.75 Å². The first-order chi connectivity index (χ1) is 9.74. The highest BCUT2D eigenvalue weighted by Gasteiger charge is 2.08. The summed E-state index contributed by atoms with van der Waals surface area (Å²) in [6, 6.07) is 11.6. The van der Waals surface area contributed by atoms with Crippen LogP contribution < -0.4 is 10.1 Å². The van der Waals surface area contributed by atoms with Crippen molar-refractivity contribution >= 4 is 0 Å². The van der Waals surface area contributed by atoms with Gasteiger partial charge in [0.05, 0.1) is 6.54 Å². The van der Waals surface area contributed by atoms with Gasteiger partial charge in [0.2, 0.25) is 0 Å². The van der Waals surface area contributed by atoms with E-state index < -0.39 is 6.10 Å². The van der Waals surface area contributed by atoms with Crippen molar-refractivity contribution in [2.75, 3.05) is 13.2 Å². The number of nitrogens with one attached hydrogen (secondary N) is 1. The molecule has 0 aliphatic carbocycles. The van der Waals surface area contributed by atoms with Gasteiger partial charge in [0.1, 0.15) is 18.5 Å². The van der Waals surface area contributed by atoms with Crippen LogP contribution in [0.4, 0.5) is 0 Å². The molecule has 20 heavy (non-hydrogen) atoms. The van der Waals surface area contributed by atoms with Gasteiger partial charge in [0.15, 0.2) is 0 Å². The Morgan fingerprint density at radius 3 is 2.80 bits per heavy atom. The quantitative estimate of drug-likeness (QED) is 0.762. The Bertz CT molecular complexity index is 473. The summed E-state index contributed by atoms with van der Waals surface area (Å²) in [5.74, 6) is 0.774. The molecule has 0 radical (unpaired) electrons. The summed E-state index contributed by atoms with van der Waals surface area (Å²) >= 11 is 0. The Balaban J connectivity index is 1.63. The van der Waals surface area contributed by atoms with E-state index in [9.17, 15) is 5.11 Å². The molecule has 108 valence electrons. The van der Waals surface area contributed by atoms with Crippen LogP contribution in [0.1, 0.15) is 6.92 Å². The molecule has 0 aliphatic rings. The van der Waals surface area contributed by atoms with E-state index in [1.807, 2.05) is 47.3 Å². The number of nitrogens with zero attached hydrogens (tertiary/aromatic N) is 2. The number of para-hydroxylation sites is 1. The highest BCUT2D eigenvalue weighted by atomic mass is 16.5. The van der Waals surface area contributed by atoms with Crippen LogP contribution in [0.5, 0.6) is 5.75 Å². The van der Waals surface area contributed by atoms with Gasteiger partial charge in [-0.1, -0.05) is 18.2 Å². The van der Waals surface area contributed by atoms with Crippen LogP contribution in [0.15, 0.2) is 48.8 Å². The van der Waals surface area contributed by atoms with Gasteiger partial charge in [0.25, 0.3) is 0 Å². The fourth-order valence-electron chi connectivity index (χ4n) is 1.86. The summed E-state index contributed by atoms with van der Waals surface area (Å²) in [4.78, 5) is 0. The van der Waals surface area contributed by atoms with E-state index in [1.54, 1.807) is 6.20 Å². The largest absolute Gasteiger partial charge is 0.491 e. The third-order valence-electron chi connectivity index (χ3n) is 2.91. The zero-order chi connectivity index (χ0) is 14.2. The lowest BCUT2D eigenvalue weighted by Gasteiger charge is -2.17. The number of aliphatic hydroxyl groups excluding tert-OH is 1. The average molecular weight is 275 g/mol. The van der Waals surface area contributed by atoms with Crippen LogP contribution in [-0.2, 0) is 6.54 Å². The van der Waals surface area contributed by atoms with Crippen LogP contribution >= 0.6 is 0 Å². The van der Waals surface area contributed by atoms with E-state index in [0.717, 1.165) is 12.3 Å². The van der Waals surface area contributed by atoms with Crippen molar-refractivity contribution < 1.29 is 9.84 Å². The van der Waals surface area contributed by atoms with Crippen molar-refractivity contribution in [3.63, 3.8) is 0 Å². The maximum absolute atomic E-state index is 9.88. The van der Waals surface area contributed by atoms with Gasteiger partial charge in [-0.2, -0.15) is 5.10 Å². The molecular weight excluding hydrogens is 254 g/mol. The Hall–Kier alpha value is -1.85. The van der Waals surface area contributed by atoms with Gasteiger partial charge in [0, 0.05) is 25.0 Å². The van der Waals surface area contributed by atoms with Crippen LogP contribution in [0, 0.1) is 0 Å². The molecule has 2 aromatic rings. The SMILES string of the molecule is CC(Cn1cccn1)NCC(O)COc1ccccc1. The first-order valence-corrected chi connectivity index (χ1v) is 6.81. The smallest absolute Gasteiger partial charge is 0.119 e. The molecule has 0 amide bonds. The van der Waals surface area contributed by atoms with E-state index in [1.165, 1.54) is 0 Å². The minimum atomic E-state index is -0.532. The van der Waals surface area contributed by atoms with E-state index in [2.05, 4.69) is 17.3 Å². The predicted molar refractivity (Wildman–Crippen MR) is 77.6 cm³/mol. The zero-order valence-corrected chi connectivity index (χ0v) is 11.6. The lowest BCUT2D eigenvalue weighted by molar-refractivity contribution is 0.103. The molecule has 0 saturated carbocycles. The number of rotatable bonds is 8. The molecule has 2 rings (SSSR count). The Labute approximate surface area is 119 Å². The number of hydrogen-bond donors (Lipinski definition) is 2. The van der Waals surface area contributed by atoms with Crippen LogP contribution in [0.3, 0.4) is 0 Å². The van der Waals surface area contributed by atoms with Crippen LogP contribution in [-0.4, -0.2) is 40.2 Å². The third kappa shape index (κ3) is 5.03. The van der Waals surface area contributed by atoms with Gasteiger partial charge in [-0.3, -0.25) is 4.68 Å². The van der Waals surface area contributed by atoms with Crippen molar-refractivity contribution in [2.24, 2.45) is 0 Å². The lowest BCUT2D eigenvalue weighted by Crippen LogP contribution is -2.38. The highest BCUT2D eigenvalue weighted by molar-refractivity contribution is 5.20. The Kier molecular flexibility index (Phi) is 5.58. The standard InChI is InChI=1S/C15H21N3O2/c1-13(11-18-9-5-8-17-18)16-10-14(19)12-20-15-6-3-2-4-7-15/h2-9,13-14,16,19H,10-12H2,1H3. The second kappa shape index (κ2) is 7.67. The van der Waals surface area contributed by atoms with Gasteiger partial charge in [-0.25, -0.2) is 0 Å². The van der Waals surface area contributed by atoms with Gasteiger partial charge < -0.3 is 15.2 Å². The molecule has 0 bridgehead atoms. The minimum absolute atomic E-state index is 0.237. The van der Waals surface area contributed by atoms with Crippen LogP contribution in [0.25, 0.3) is 0 Å². The lowest BCUT2D eigenvalue weighted by atomic mass is 10.3. The van der Waals surface area contributed by atoms with E-state index in [-0.39, 0.29) is 12.6 Å². The summed E-state index contributed by atoms with van der Waals surface area (Å²) in [5, 5.41) is 17.3. The zero-order valence-electron chi connectivity index (χ0n) is 11.6. The molecule has 2 atom stereocenters. The van der Waals surface area contributed by atoms with Crippen molar-refractivity contribution in [3.05, 3.63) is 48.8 Å². The van der Waals surface area contributed by atoms with E-state index >= 15 is 0 Å². The van der Waals surface area contributed by atoms with E-state index in [4.69, 9.17) is 4.74 Å². The number of ether oxygens (including phenoxy) is 1. The minimum Gasteiger partial charge on any atom is -0.491 e. The topological polar surface area (TPSA) is 59.3 Å². The van der Waals surface area contributed by atoms with Gasteiger partial charge >= 0.3 is 0 Å². The molecule has 2 unspecified atom stereocenters. The second-order valence-electron chi connectivity index (χ2n) is 4.82. The Morgan fingerprint density at radius 2 is 2.10 bits per heavy atom. The predicted octanol–water partition coefficient (Wildman–Crippen LogP) is 1.30. The number of hydrogen-bond acceptors (Lipinski definition) is 4. The van der Waals surface area contributed by atoms with Crippen molar-refractivity contribution in [1.82, 2.24) is 15.1 Å². The number of benzene rings is 1. The van der Waals surface area contributed by atoms with Crippen molar-refractivity contribution in [1.29, 1.82) is 0 Å². The Morgan fingerprint density at radius 1 is 1.30 bits per heavy atom. The molecule has 0 saturated heterocycles. The maximum atomic E-state index is 9.88. The molecule has 5 heteroatoms. The third-order valence-corrected chi connectivity index (χ3v) is 2.91. The van der Waals surface area contributed by atoms with Gasteiger partial charge in [-0.05, 0) is 25.1 Å². The second-order valence-corrected chi connectivity index (χ2v) is 4.82. The summed E-state index contributed by atoms with van der Waals surface area (Å²) < 4.78 is 7.36. The van der Waals surface area contributed by atoms with E-state index in [0.29, 0.717) is 6.54 Å². The van der Waals surface area contributed by atoms with Crippen LogP contribution in [0.2, 0.25) is 0 Å². The summed E-state index contributed by atoms with van der Waals surface area (Å²) in [6.07, 6.45) is 3.15. The first kappa shape index (κ1) is 14.6. The van der Waals surface area contributed by atoms with Gasteiger partial charge in [-0.15, -0.1) is 0 Å². The molecule has 0 fully saturated rings. The highest BCUT2D eigenvalue weighted by Crippen LogP contribution is 2.08. The maximum Gasteiger partial charge on any atom is 0.119 e. The molecular formula is C15H21N3O2. The first-order valence-electron chi connectivity index (χ1n) is 6.81. The van der Waals surface area contributed by atoms with Crippen molar-refractivity contribution in [2.45, 2.75) is 25.6 Å². The number of aromatic nitrogens is 2. The average Bonchev–Trinajstić information content (AvgIpc) is 2.97. The monoisotopic (exact) mass is 275 g/mol. The molecule has 1 aromatic carbocycles. The number of aliphatic hydroxyl groups is 1. The molecule has 5 nitrogen and oxygen atoms in total. The fourth-order valence-corrected chi connectivity index (χ4v) is 1.86. The fraction of sp³-hybridized carbons (Fsp3) is 0.400. The summed E-state index contributed by atoms with van der Waals surface area (Å²) in [6.45, 7) is 3.62. The summed E-state index contributed by atoms with van der Waals surface area (Å²) in [5.41, 5.74) is 0.